The van der Waals surface area contributed by atoms with Crippen LogP contribution in [0.15, 0.2) is 120 Å². The van der Waals surface area contributed by atoms with Crippen LogP contribution in [0.5, 0.6) is 11.5 Å². The van der Waals surface area contributed by atoms with Crippen molar-refractivity contribution in [3.8, 4) is 22.8 Å². The number of ether oxygens (including phenoxy) is 2. The highest BCUT2D eigenvalue weighted by molar-refractivity contribution is 6.12. The minimum Gasteiger partial charge on any atom is -0.497 e. The molecule has 6 nitrogen and oxygen atoms in total. The minimum absolute atomic E-state index is 0.0762. The lowest BCUT2D eigenvalue weighted by Gasteiger charge is -2.30. The maximum Gasteiger partial charge on any atom is 0.275 e. The van der Waals surface area contributed by atoms with Gasteiger partial charge in [-0.3, -0.25) is 4.79 Å². The van der Waals surface area contributed by atoms with Gasteiger partial charge in [0.2, 0.25) is 0 Å². The summed E-state index contributed by atoms with van der Waals surface area (Å²) in [5.74, 6) is 1.55. The summed E-state index contributed by atoms with van der Waals surface area (Å²) in [6, 6.07) is 35.6. The first-order valence-corrected chi connectivity index (χ1v) is 15.0. The number of hydrazone groups is 1. The number of rotatable bonds is 6. The molecule has 1 amide bonds. The van der Waals surface area contributed by atoms with E-state index in [1.807, 2.05) is 84.9 Å². The molecule has 218 valence electrons. The van der Waals surface area contributed by atoms with Gasteiger partial charge < -0.3 is 9.47 Å². The van der Waals surface area contributed by atoms with Crippen LogP contribution in [-0.4, -0.2) is 35.8 Å². The lowest BCUT2D eigenvalue weighted by atomic mass is 9.77. The van der Waals surface area contributed by atoms with E-state index in [0.29, 0.717) is 5.56 Å². The Morgan fingerprint density at radius 3 is 2.25 bits per heavy atom. The molecule has 1 fully saturated rings. The molecule has 1 aromatic heterocycles. The molecule has 6 heteroatoms. The number of aromatic nitrogens is 1. The van der Waals surface area contributed by atoms with Crippen molar-refractivity contribution in [3.05, 3.63) is 131 Å². The van der Waals surface area contributed by atoms with Gasteiger partial charge in [0, 0.05) is 16.9 Å². The Balaban J connectivity index is 1.36. The van der Waals surface area contributed by atoms with Crippen LogP contribution in [0.4, 0.5) is 0 Å². The summed E-state index contributed by atoms with van der Waals surface area (Å²) in [6.45, 7) is 0. The predicted molar refractivity (Wildman–Crippen MR) is 175 cm³/mol. The molecule has 1 saturated carbocycles. The van der Waals surface area contributed by atoms with Crippen LogP contribution in [0.2, 0.25) is 0 Å². The SMILES string of the molecule is COc1ccc(/C=C2/CCC[C@H]3C2=NN(C(=O)c2cc(-c4ccccc4)nc4ccccc24)[C@H]3c2ccc(OC)cc2)cc1. The first-order chi connectivity index (χ1) is 21.6. The Labute approximate surface area is 257 Å². The number of para-hydroxylation sites is 1. The number of pyridine rings is 1. The van der Waals surface area contributed by atoms with E-state index < -0.39 is 0 Å². The van der Waals surface area contributed by atoms with Gasteiger partial charge in [0.1, 0.15) is 11.5 Å². The summed E-state index contributed by atoms with van der Waals surface area (Å²) in [5.41, 5.74) is 7.38. The van der Waals surface area contributed by atoms with Gasteiger partial charge in [-0.1, -0.05) is 72.8 Å². The number of methoxy groups -OCH3 is 2. The van der Waals surface area contributed by atoms with Crippen LogP contribution in [0.25, 0.3) is 28.2 Å². The zero-order valence-corrected chi connectivity index (χ0v) is 24.8. The third-order valence-corrected chi connectivity index (χ3v) is 8.64. The molecular formula is C38H33N3O3. The van der Waals surface area contributed by atoms with E-state index in [-0.39, 0.29) is 17.9 Å². The van der Waals surface area contributed by atoms with Crippen molar-refractivity contribution in [1.29, 1.82) is 0 Å². The second-order valence-corrected chi connectivity index (χ2v) is 11.2. The third kappa shape index (κ3) is 5.13. The average molecular weight is 580 g/mol. The molecule has 44 heavy (non-hydrogen) atoms. The van der Waals surface area contributed by atoms with Crippen LogP contribution >= 0.6 is 0 Å². The molecule has 2 atom stereocenters. The van der Waals surface area contributed by atoms with Crippen LogP contribution in [0.3, 0.4) is 0 Å². The summed E-state index contributed by atoms with van der Waals surface area (Å²) in [5, 5.41) is 7.71. The first-order valence-electron chi connectivity index (χ1n) is 15.0. The van der Waals surface area contributed by atoms with Crippen molar-refractivity contribution in [3.63, 3.8) is 0 Å². The number of fused-ring (bicyclic) bond motifs is 2. The van der Waals surface area contributed by atoms with Crippen molar-refractivity contribution in [2.24, 2.45) is 11.0 Å². The van der Waals surface area contributed by atoms with Crippen molar-refractivity contribution < 1.29 is 14.3 Å². The Hall–Kier alpha value is -5.23. The second-order valence-electron chi connectivity index (χ2n) is 11.2. The molecule has 1 aliphatic carbocycles. The van der Waals surface area contributed by atoms with Gasteiger partial charge in [-0.15, -0.1) is 0 Å². The van der Waals surface area contributed by atoms with Gasteiger partial charge in [-0.05, 0) is 78.4 Å². The van der Waals surface area contributed by atoms with Crippen LogP contribution in [-0.2, 0) is 0 Å². The molecule has 4 aromatic carbocycles. The van der Waals surface area contributed by atoms with Gasteiger partial charge in [0.05, 0.1) is 42.7 Å². The number of hydrogen-bond acceptors (Lipinski definition) is 5. The van der Waals surface area contributed by atoms with Gasteiger partial charge in [-0.25, -0.2) is 9.99 Å². The summed E-state index contributed by atoms with van der Waals surface area (Å²) in [6.07, 6.45) is 5.09. The normalized spacial score (nSPS) is 18.6. The van der Waals surface area contributed by atoms with E-state index in [1.54, 1.807) is 19.2 Å². The Morgan fingerprint density at radius 2 is 1.52 bits per heavy atom. The van der Waals surface area contributed by atoms with Crippen LogP contribution < -0.4 is 9.47 Å². The zero-order valence-electron chi connectivity index (χ0n) is 24.8. The summed E-state index contributed by atoms with van der Waals surface area (Å²) >= 11 is 0. The van der Waals surface area contributed by atoms with E-state index in [9.17, 15) is 4.79 Å². The van der Waals surface area contributed by atoms with E-state index in [2.05, 4.69) is 30.3 Å². The second kappa shape index (κ2) is 11.8. The van der Waals surface area contributed by atoms with Crippen molar-refractivity contribution in [2.75, 3.05) is 14.2 Å². The number of carbonyl (C=O) groups excluding carboxylic acids is 1. The Morgan fingerprint density at radius 1 is 0.841 bits per heavy atom. The number of nitrogens with zero attached hydrogens (tertiary/aromatic N) is 3. The number of allylic oxidation sites excluding steroid dienone is 1. The standard InChI is InChI=1S/C38H33N3O3/c1-43-29-19-15-25(16-20-29)23-28-11-8-13-32-36(28)40-41(37(32)27-17-21-30(44-2)22-18-27)38(42)33-24-35(26-9-4-3-5-10-26)39-34-14-7-6-12-31(33)34/h3-7,9-10,12,14-24,32,37H,8,11,13H2,1-2H3/b28-23-/t32-,37-/m0/s1. The van der Waals surface area contributed by atoms with Gasteiger partial charge in [-0.2, -0.15) is 5.10 Å². The summed E-state index contributed by atoms with van der Waals surface area (Å²) in [4.78, 5) is 19.7. The molecule has 2 heterocycles. The van der Waals surface area contributed by atoms with Crippen LogP contribution in [0.1, 0.15) is 46.8 Å². The monoisotopic (exact) mass is 579 g/mol. The van der Waals surface area contributed by atoms with Gasteiger partial charge in [0.15, 0.2) is 0 Å². The molecule has 2 aliphatic rings. The van der Waals surface area contributed by atoms with E-state index in [0.717, 1.165) is 69.8 Å². The number of carbonyl (C=O) groups is 1. The lowest BCUT2D eigenvalue weighted by Crippen LogP contribution is -2.32. The Bertz CT molecular complexity index is 1880. The molecule has 0 saturated heterocycles. The molecule has 0 bridgehead atoms. The van der Waals surface area contributed by atoms with E-state index in [1.165, 1.54) is 5.57 Å². The van der Waals surface area contributed by atoms with Gasteiger partial charge >= 0.3 is 0 Å². The molecule has 0 radical (unpaired) electrons. The fourth-order valence-corrected chi connectivity index (χ4v) is 6.44. The van der Waals surface area contributed by atoms with Crippen molar-refractivity contribution >= 4 is 28.6 Å². The molecule has 1 aliphatic heterocycles. The molecule has 0 unspecified atom stereocenters. The Kier molecular flexibility index (Phi) is 7.40. The topological polar surface area (TPSA) is 64.0 Å². The molecule has 7 rings (SSSR count). The quantitative estimate of drug-likeness (QED) is 0.203. The zero-order chi connectivity index (χ0) is 30.0. The minimum atomic E-state index is -0.241. The van der Waals surface area contributed by atoms with Crippen molar-refractivity contribution in [2.45, 2.75) is 25.3 Å². The average Bonchev–Trinajstić information content (AvgIpc) is 3.49. The van der Waals surface area contributed by atoms with Gasteiger partial charge in [0.25, 0.3) is 5.91 Å². The van der Waals surface area contributed by atoms with Crippen molar-refractivity contribution in [1.82, 2.24) is 9.99 Å². The lowest BCUT2D eigenvalue weighted by molar-refractivity contribution is 0.0683. The maximum atomic E-state index is 14.8. The first kappa shape index (κ1) is 27.6. The molecule has 0 spiro atoms. The molecule has 0 N–H and O–H groups in total. The fourth-order valence-electron chi connectivity index (χ4n) is 6.44. The maximum absolute atomic E-state index is 14.8. The highest BCUT2D eigenvalue weighted by Crippen LogP contribution is 2.45. The molecule has 5 aromatic rings. The largest absolute Gasteiger partial charge is 0.497 e. The number of amides is 1. The summed E-state index contributed by atoms with van der Waals surface area (Å²) < 4.78 is 10.8. The smallest absolute Gasteiger partial charge is 0.275 e. The van der Waals surface area contributed by atoms with E-state index >= 15 is 0 Å². The summed E-state index contributed by atoms with van der Waals surface area (Å²) in [7, 11) is 3.34. The van der Waals surface area contributed by atoms with Crippen LogP contribution in [0, 0.1) is 5.92 Å². The van der Waals surface area contributed by atoms with E-state index in [4.69, 9.17) is 19.6 Å². The third-order valence-electron chi connectivity index (χ3n) is 8.64. The molecular weight excluding hydrogens is 546 g/mol. The fraction of sp³-hybridized carbons (Fsp3) is 0.184. The highest BCUT2D eigenvalue weighted by Gasteiger charge is 2.44. The number of hydrogen-bond donors (Lipinski definition) is 0. The predicted octanol–water partition coefficient (Wildman–Crippen LogP) is 8.36. The number of benzene rings is 4. The highest BCUT2D eigenvalue weighted by atomic mass is 16.5.